The number of benzene rings is 1. The highest BCUT2D eigenvalue weighted by molar-refractivity contribution is 5.84. The fourth-order valence-electron chi connectivity index (χ4n) is 4.15. The summed E-state index contributed by atoms with van der Waals surface area (Å²) in [6.45, 7) is 3.13. The molecule has 1 saturated heterocycles. The standard InChI is InChI=1S/C24H29N3O2/c1-2-17-5-7-19(8-6-17)22-12-11-21(16-27(22)24(29)20-9-10-20)23(28)26-15-18-4-3-13-25-14-18/h3-8,13-14,20-22H,2,9-12,15-16H2,1H3,(H,26,28)/t21-,22-/m0/s1. The number of carbonyl (C=O) groups excluding carboxylic acids is 2. The Labute approximate surface area is 172 Å². The number of aromatic nitrogens is 1. The fraction of sp³-hybridized carbons (Fsp3) is 0.458. The van der Waals surface area contributed by atoms with Gasteiger partial charge in [-0.05, 0) is 54.9 Å². The molecular weight excluding hydrogens is 362 g/mol. The summed E-state index contributed by atoms with van der Waals surface area (Å²) < 4.78 is 0. The van der Waals surface area contributed by atoms with E-state index in [4.69, 9.17) is 0 Å². The van der Waals surface area contributed by atoms with Crippen LogP contribution in [0.15, 0.2) is 48.8 Å². The molecule has 4 rings (SSSR count). The van der Waals surface area contributed by atoms with Gasteiger partial charge in [0.2, 0.25) is 11.8 Å². The molecule has 2 atom stereocenters. The van der Waals surface area contributed by atoms with E-state index in [2.05, 4.69) is 41.5 Å². The lowest BCUT2D eigenvalue weighted by molar-refractivity contribution is -0.140. The summed E-state index contributed by atoms with van der Waals surface area (Å²) in [6.07, 6.45) is 8.09. The van der Waals surface area contributed by atoms with Gasteiger partial charge in [-0.15, -0.1) is 0 Å². The van der Waals surface area contributed by atoms with E-state index in [9.17, 15) is 9.59 Å². The molecular formula is C24H29N3O2. The zero-order chi connectivity index (χ0) is 20.2. The average molecular weight is 392 g/mol. The van der Waals surface area contributed by atoms with E-state index in [-0.39, 0.29) is 29.7 Å². The molecule has 1 N–H and O–H groups in total. The first-order chi connectivity index (χ1) is 14.2. The van der Waals surface area contributed by atoms with Crippen molar-refractivity contribution in [2.45, 2.75) is 51.6 Å². The van der Waals surface area contributed by atoms with Crippen molar-refractivity contribution in [3.63, 3.8) is 0 Å². The van der Waals surface area contributed by atoms with E-state index in [1.165, 1.54) is 11.1 Å². The van der Waals surface area contributed by atoms with Gasteiger partial charge in [0, 0.05) is 31.4 Å². The first-order valence-corrected chi connectivity index (χ1v) is 10.7. The van der Waals surface area contributed by atoms with Crippen LogP contribution in [0.2, 0.25) is 0 Å². The number of nitrogens with one attached hydrogen (secondary N) is 1. The first kappa shape index (κ1) is 19.6. The zero-order valence-corrected chi connectivity index (χ0v) is 17.0. The Morgan fingerprint density at radius 1 is 1.03 bits per heavy atom. The number of hydrogen-bond acceptors (Lipinski definition) is 3. The van der Waals surface area contributed by atoms with Gasteiger partial charge >= 0.3 is 0 Å². The molecule has 1 saturated carbocycles. The van der Waals surface area contributed by atoms with Gasteiger partial charge in [-0.1, -0.05) is 37.3 Å². The van der Waals surface area contributed by atoms with Gasteiger partial charge in [0.25, 0.3) is 0 Å². The van der Waals surface area contributed by atoms with E-state index in [1.807, 2.05) is 17.0 Å². The molecule has 1 aromatic carbocycles. The van der Waals surface area contributed by atoms with Crippen molar-refractivity contribution in [1.29, 1.82) is 0 Å². The highest BCUT2D eigenvalue weighted by atomic mass is 16.2. The van der Waals surface area contributed by atoms with Crippen LogP contribution in [0.4, 0.5) is 0 Å². The number of likely N-dealkylation sites (tertiary alicyclic amines) is 1. The minimum absolute atomic E-state index is 0.0298. The summed E-state index contributed by atoms with van der Waals surface area (Å²) in [5.74, 6) is 0.256. The Hall–Kier alpha value is -2.69. The smallest absolute Gasteiger partial charge is 0.226 e. The number of aryl methyl sites for hydroxylation is 1. The third-order valence-corrected chi connectivity index (χ3v) is 6.12. The molecule has 2 aromatic rings. The number of amides is 2. The number of piperidine rings is 1. The molecule has 1 aliphatic carbocycles. The van der Waals surface area contributed by atoms with Crippen LogP contribution in [-0.4, -0.2) is 28.2 Å². The van der Waals surface area contributed by atoms with Gasteiger partial charge in [-0.3, -0.25) is 14.6 Å². The van der Waals surface area contributed by atoms with E-state index >= 15 is 0 Å². The fourth-order valence-corrected chi connectivity index (χ4v) is 4.15. The minimum atomic E-state index is -0.152. The van der Waals surface area contributed by atoms with Crippen molar-refractivity contribution in [2.75, 3.05) is 6.54 Å². The van der Waals surface area contributed by atoms with Gasteiger partial charge in [-0.2, -0.15) is 0 Å². The van der Waals surface area contributed by atoms with Crippen molar-refractivity contribution in [3.05, 3.63) is 65.5 Å². The highest BCUT2D eigenvalue weighted by Crippen LogP contribution is 2.39. The molecule has 2 heterocycles. The van der Waals surface area contributed by atoms with Crippen molar-refractivity contribution in [3.8, 4) is 0 Å². The number of hydrogen-bond donors (Lipinski definition) is 1. The summed E-state index contributed by atoms with van der Waals surface area (Å²) in [5, 5.41) is 3.03. The molecule has 2 aliphatic rings. The molecule has 1 aromatic heterocycles. The Balaban J connectivity index is 1.44. The molecule has 2 amide bonds. The third kappa shape index (κ3) is 4.66. The maximum absolute atomic E-state index is 13.0. The molecule has 5 nitrogen and oxygen atoms in total. The van der Waals surface area contributed by atoms with Crippen LogP contribution in [0.5, 0.6) is 0 Å². The quantitative estimate of drug-likeness (QED) is 0.818. The topological polar surface area (TPSA) is 62.3 Å². The summed E-state index contributed by atoms with van der Waals surface area (Å²) in [7, 11) is 0. The monoisotopic (exact) mass is 391 g/mol. The normalized spacial score (nSPS) is 21.6. The molecule has 0 spiro atoms. The summed E-state index contributed by atoms with van der Waals surface area (Å²) in [6, 6.07) is 12.5. The number of pyridine rings is 1. The van der Waals surface area contributed by atoms with E-state index in [0.717, 1.165) is 37.7 Å². The van der Waals surface area contributed by atoms with Gasteiger partial charge in [0.1, 0.15) is 0 Å². The maximum Gasteiger partial charge on any atom is 0.226 e. The van der Waals surface area contributed by atoms with E-state index < -0.39 is 0 Å². The maximum atomic E-state index is 13.0. The van der Waals surface area contributed by atoms with E-state index in [1.54, 1.807) is 12.4 Å². The minimum Gasteiger partial charge on any atom is -0.352 e. The Bertz CT molecular complexity index is 846. The lowest BCUT2D eigenvalue weighted by atomic mass is 9.87. The zero-order valence-electron chi connectivity index (χ0n) is 17.0. The molecule has 0 bridgehead atoms. The van der Waals surface area contributed by atoms with Crippen LogP contribution in [-0.2, 0) is 22.6 Å². The molecule has 0 unspecified atom stereocenters. The summed E-state index contributed by atoms with van der Waals surface area (Å²) in [5.41, 5.74) is 3.47. The van der Waals surface area contributed by atoms with Gasteiger partial charge in [-0.25, -0.2) is 0 Å². The van der Waals surface area contributed by atoms with Crippen LogP contribution in [0.1, 0.15) is 55.3 Å². The van der Waals surface area contributed by atoms with Crippen LogP contribution in [0.3, 0.4) is 0 Å². The van der Waals surface area contributed by atoms with Crippen molar-refractivity contribution < 1.29 is 9.59 Å². The summed E-state index contributed by atoms with van der Waals surface area (Å²) >= 11 is 0. The Kier molecular flexibility index (Phi) is 5.93. The van der Waals surface area contributed by atoms with Crippen LogP contribution < -0.4 is 5.32 Å². The van der Waals surface area contributed by atoms with Gasteiger partial charge in [0.15, 0.2) is 0 Å². The second-order valence-electron chi connectivity index (χ2n) is 8.23. The largest absolute Gasteiger partial charge is 0.352 e. The Morgan fingerprint density at radius 2 is 1.79 bits per heavy atom. The second kappa shape index (κ2) is 8.76. The molecule has 2 fully saturated rings. The summed E-state index contributed by atoms with van der Waals surface area (Å²) in [4.78, 5) is 31.9. The number of carbonyl (C=O) groups is 2. The number of rotatable bonds is 6. The van der Waals surface area contributed by atoms with Crippen molar-refractivity contribution in [2.24, 2.45) is 11.8 Å². The predicted molar refractivity (Wildman–Crippen MR) is 112 cm³/mol. The van der Waals surface area contributed by atoms with Crippen molar-refractivity contribution in [1.82, 2.24) is 15.2 Å². The molecule has 1 aliphatic heterocycles. The first-order valence-electron chi connectivity index (χ1n) is 10.7. The average Bonchev–Trinajstić information content (AvgIpc) is 3.63. The Morgan fingerprint density at radius 3 is 2.45 bits per heavy atom. The molecule has 29 heavy (non-hydrogen) atoms. The lowest BCUT2D eigenvalue weighted by Crippen LogP contribution is -2.47. The SMILES string of the molecule is CCc1ccc([C@@H]2CC[C@H](C(=O)NCc3cccnc3)CN2C(=O)C2CC2)cc1. The van der Waals surface area contributed by atoms with Crippen LogP contribution >= 0.6 is 0 Å². The molecule has 5 heteroatoms. The predicted octanol–water partition coefficient (Wildman–Crippen LogP) is 3.65. The lowest BCUT2D eigenvalue weighted by Gasteiger charge is -2.39. The second-order valence-corrected chi connectivity index (χ2v) is 8.23. The van der Waals surface area contributed by atoms with Crippen LogP contribution in [0, 0.1) is 11.8 Å². The third-order valence-electron chi connectivity index (χ3n) is 6.12. The van der Waals surface area contributed by atoms with Gasteiger partial charge in [0.05, 0.1) is 12.0 Å². The van der Waals surface area contributed by atoms with Crippen LogP contribution in [0.25, 0.3) is 0 Å². The van der Waals surface area contributed by atoms with E-state index in [0.29, 0.717) is 13.1 Å². The molecule has 0 radical (unpaired) electrons. The number of nitrogens with zero attached hydrogens (tertiary/aromatic N) is 2. The van der Waals surface area contributed by atoms with Gasteiger partial charge < -0.3 is 10.2 Å². The highest BCUT2D eigenvalue weighted by Gasteiger charge is 2.41. The molecule has 152 valence electrons. The van der Waals surface area contributed by atoms with Crippen molar-refractivity contribution >= 4 is 11.8 Å².